The van der Waals surface area contributed by atoms with Crippen LogP contribution in [0.3, 0.4) is 0 Å². The Morgan fingerprint density at radius 1 is 1.21 bits per heavy atom. The molecule has 124 valence electrons. The second kappa shape index (κ2) is 6.74. The predicted octanol–water partition coefficient (Wildman–Crippen LogP) is 2.70. The Morgan fingerprint density at radius 3 is 2.62 bits per heavy atom. The van der Waals surface area contributed by atoms with Crippen LogP contribution in [0.4, 0.5) is 11.4 Å². The van der Waals surface area contributed by atoms with E-state index in [-0.39, 0.29) is 5.91 Å². The number of anilines is 2. The van der Waals surface area contributed by atoms with Gasteiger partial charge in [-0.2, -0.15) is 0 Å². The molecule has 1 amide bonds. The first-order valence-electron chi connectivity index (χ1n) is 7.99. The van der Waals surface area contributed by atoms with Crippen molar-refractivity contribution in [2.75, 3.05) is 16.8 Å². The summed E-state index contributed by atoms with van der Waals surface area (Å²) in [6, 6.07) is 14.5. The highest BCUT2D eigenvalue weighted by molar-refractivity contribution is 5.94. The van der Waals surface area contributed by atoms with Crippen molar-refractivity contribution in [1.82, 2.24) is 0 Å². The Kier molecular flexibility index (Phi) is 4.51. The topological polar surface area (TPSA) is 69.6 Å². The number of fused-ring (bicyclic) bond motifs is 1. The minimum Gasteiger partial charge on any atom is -0.480 e. The van der Waals surface area contributed by atoms with Gasteiger partial charge >= 0.3 is 5.97 Å². The number of carbonyl (C=O) groups excluding carboxylic acids is 1. The van der Waals surface area contributed by atoms with Crippen molar-refractivity contribution >= 4 is 23.3 Å². The molecule has 1 aliphatic rings. The smallest absolute Gasteiger partial charge is 0.326 e. The fourth-order valence-corrected chi connectivity index (χ4v) is 3.07. The average molecular weight is 324 g/mol. The third kappa shape index (κ3) is 3.40. The molecule has 5 nitrogen and oxygen atoms in total. The molecule has 0 bridgehead atoms. The maximum absolute atomic E-state index is 11.6. The van der Waals surface area contributed by atoms with Crippen LogP contribution < -0.4 is 10.2 Å². The molecule has 5 heteroatoms. The molecule has 2 aromatic rings. The Morgan fingerprint density at radius 2 is 1.96 bits per heavy atom. The zero-order valence-corrected chi connectivity index (χ0v) is 13.5. The van der Waals surface area contributed by atoms with E-state index >= 15 is 0 Å². The fraction of sp³-hybridized carbons (Fsp3) is 0.263. The van der Waals surface area contributed by atoms with Gasteiger partial charge in [0.15, 0.2) is 0 Å². The van der Waals surface area contributed by atoms with E-state index < -0.39 is 12.0 Å². The summed E-state index contributed by atoms with van der Waals surface area (Å²) in [6.45, 7) is 2.24. The summed E-state index contributed by atoms with van der Waals surface area (Å²) in [6.07, 6.45) is 1.20. The number of aliphatic carboxylic acids is 1. The molecule has 1 unspecified atom stereocenters. The lowest BCUT2D eigenvalue weighted by atomic mass is 10.1. The van der Waals surface area contributed by atoms with Crippen LogP contribution in [0.2, 0.25) is 0 Å². The monoisotopic (exact) mass is 324 g/mol. The molecule has 1 atom stereocenters. The van der Waals surface area contributed by atoms with E-state index in [0.29, 0.717) is 13.0 Å². The highest BCUT2D eigenvalue weighted by atomic mass is 16.4. The molecular formula is C19H20N2O3. The second-order valence-corrected chi connectivity index (χ2v) is 5.99. The molecule has 24 heavy (non-hydrogen) atoms. The summed E-state index contributed by atoms with van der Waals surface area (Å²) in [5.41, 5.74) is 3.73. The molecule has 0 radical (unpaired) electrons. The lowest BCUT2D eigenvalue weighted by Crippen LogP contribution is -2.31. The van der Waals surface area contributed by atoms with E-state index in [9.17, 15) is 14.7 Å². The molecule has 0 saturated heterocycles. The number of benzene rings is 2. The van der Waals surface area contributed by atoms with Crippen molar-refractivity contribution < 1.29 is 14.7 Å². The molecule has 0 spiro atoms. The van der Waals surface area contributed by atoms with E-state index in [1.807, 2.05) is 48.5 Å². The summed E-state index contributed by atoms with van der Waals surface area (Å²) in [5.74, 6) is -0.855. The van der Waals surface area contributed by atoms with Crippen LogP contribution in [0, 0.1) is 0 Å². The summed E-state index contributed by atoms with van der Waals surface area (Å²) >= 11 is 0. The van der Waals surface area contributed by atoms with Crippen LogP contribution in [-0.4, -0.2) is 29.6 Å². The maximum atomic E-state index is 11.6. The Bertz CT molecular complexity index is 758. The van der Waals surface area contributed by atoms with E-state index in [2.05, 4.69) is 5.32 Å². The van der Waals surface area contributed by atoms with E-state index in [0.717, 1.165) is 28.9 Å². The van der Waals surface area contributed by atoms with Crippen molar-refractivity contribution in [2.45, 2.75) is 25.8 Å². The number of carboxylic acid groups (broad SMARTS) is 1. The second-order valence-electron chi connectivity index (χ2n) is 5.99. The first kappa shape index (κ1) is 16.1. The van der Waals surface area contributed by atoms with Gasteiger partial charge in [0.25, 0.3) is 0 Å². The summed E-state index contributed by atoms with van der Waals surface area (Å²) in [5, 5.41) is 12.6. The van der Waals surface area contributed by atoms with Gasteiger partial charge in [0, 0.05) is 31.3 Å². The molecule has 3 rings (SSSR count). The van der Waals surface area contributed by atoms with E-state index in [1.54, 1.807) is 11.8 Å². The predicted molar refractivity (Wildman–Crippen MR) is 93.4 cm³/mol. The van der Waals surface area contributed by atoms with Crippen LogP contribution >= 0.6 is 0 Å². The van der Waals surface area contributed by atoms with Crippen molar-refractivity contribution in [3.63, 3.8) is 0 Å². The van der Waals surface area contributed by atoms with Gasteiger partial charge in [-0.1, -0.05) is 30.3 Å². The summed E-state index contributed by atoms with van der Waals surface area (Å²) in [7, 11) is 0. The number of amides is 1. The number of rotatable bonds is 5. The summed E-state index contributed by atoms with van der Waals surface area (Å²) < 4.78 is 0. The largest absolute Gasteiger partial charge is 0.480 e. The minimum atomic E-state index is -0.885. The van der Waals surface area contributed by atoms with Gasteiger partial charge in [-0.3, -0.25) is 4.79 Å². The Balaban J connectivity index is 1.76. The van der Waals surface area contributed by atoms with Gasteiger partial charge in [0.1, 0.15) is 6.04 Å². The normalized spacial score (nSPS) is 14.1. The fourth-order valence-electron chi connectivity index (χ4n) is 3.07. The van der Waals surface area contributed by atoms with Crippen LogP contribution in [-0.2, 0) is 22.4 Å². The standard InChI is InChI=1S/C19H20N2O3/c1-13(22)21-10-9-15-12-16(7-8-18(15)21)20-17(19(23)24)11-14-5-3-2-4-6-14/h2-8,12,17,20H,9-11H2,1H3,(H,23,24). The third-order valence-electron chi connectivity index (χ3n) is 4.28. The number of nitrogens with zero attached hydrogens (tertiary/aromatic N) is 1. The Hall–Kier alpha value is -2.82. The molecule has 0 fully saturated rings. The molecule has 2 N–H and O–H groups in total. The lowest BCUT2D eigenvalue weighted by molar-refractivity contribution is -0.137. The SMILES string of the molecule is CC(=O)N1CCc2cc(NC(Cc3ccccc3)C(=O)O)ccc21. The van der Waals surface area contributed by atoms with Gasteiger partial charge in [-0.05, 0) is 35.7 Å². The van der Waals surface area contributed by atoms with Crippen molar-refractivity contribution in [3.05, 3.63) is 59.7 Å². The molecule has 0 aliphatic carbocycles. The van der Waals surface area contributed by atoms with Crippen LogP contribution in [0.15, 0.2) is 48.5 Å². The number of carbonyl (C=O) groups is 2. The van der Waals surface area contributed by atoms with Crippen LogP contribution in [0.25, 0.3) is 0 Å². The molecule has 2 aromatic carbocycles. The average Bonchev–Trinajstić information content (AvgIpc) is 2.98. The molecular weight excluding hydrogens is 304 g/mol. The number of nitrogens with one attached hydrogen (secondary N) is 1. The Labute approximate surface area is 140 Å². The van der Waals surface area contributed by atoms with Crippen LogP contribution in [0.1, 0.15) is 18.1 Å². The highest BCUT2D eigenvalue weighted by Gasteiger charge is 2.23. The number of carboxylic acids is 1. The third-order valence-corrected chi connectivity index (χ3v) is 4.28. The first-order valence-corrected chi connectivity index (χ1v) is 7.99. The van der Waals surface area contributed by atoms with Gasteiger partial charge in [-0.25, -0.2) is 4.79 Å². The molecule has 1 aliphatic heterocycles. The molecule has 0 aromatic heterocycles. The van der Waals surface area contributed by atoms with Gasteiger partial charge in [-0.15, -0.1) is 0 Å². The zero-order chi connectivity index (χ0) is 17.1. The van der Waals surface area contributed by atoms with Gasteiger partial charge < -0.3 is 15.3 Å². The quantitative estimate of drug-likeness (QED) is 0.887. The van der Waals surface area contributed by atoms with Crippen molar-refractivity contribution in [3.8, 4) is 0 Å². The maximum Gasteiger partial charge on any atom is 0.326 e. The van der Waals surface area contributed by atoms with Gasteiger partial charge in [0.2, 0.25) is 5.91 Å². The van der Waals surface area contributed by atoms with Crippen molar-refractivity contribution in [1.29, 1.82) is 0 Å². The van der Waals surface area contributed by atoms with Crippen LogP contribution in [0.5, 0.6) is 0 Å². The van der Waals surface area contributed by atoms with E-state index in [4.69, 9.17) is 0 Å². The highest BCUT2D eigenvalue weighted by Crippen LogP contribution is 2.30. The van der Waals surface area contributed by atoms with Gasteiger partial charge in [0.05, 0.1) is 0 Å². The van der Waals surface area contributed by atoms with Crippen molar-refractivity contribution in [2.24, 2.45) is 0 Å². The zero-order valence-electron chi connectivity index (χ0n) is 13.5. The summed E-state index contributed by atoms with van der Waals surface area (Å²) in [4.78, 5) is 24.9. The lowest BCUT2D eigenvalue weighted by Gasteiger charge is -2.18. The number of hydrogen-bond donors (Lipinski definition) is 2. The molecule has 0 saturated carbocycles. The minimum absolute atomic E-state index is 0.0296. The first-order chi connectivity index (χ1) is 11.5. The number of hydrogen-bond acceptors (Lipinski definition) is 3. The van der Waals surface area contributed by atoms with E-state index in [1.165, 1.54) is 0 Å². The molecule has 1 heterocycles.